The van der Waals surface area contributed by atoms with Crippen LogP contribution >= 0.6 is 11.6 Å². The van der Waals surface area contributed by atoms with E-state index in [0.29, 0.717) is 0 Å². The molecular formula is C13H12ClFN2O4S. The van der Waals surface area contributed by atoms with Crippen LogP contribution in [0.5, 0.6) is 0 Å². The van der Waals surface area contributed by atoms with Crippen molar-refractivity contribution in [1.29, 1.82) is 0 Å². The lowest BCUT2D eigenvalue weighted by Gasteiger charge is -2.41. The summed E-state index contributed by atoms with van der Waals surface area (Å²) >= 11 is 5.60. The van der Waals surface area contributed by atoms with E-state index in [0.717, 1.165) is 27.4 Å². The monoisotopic (exact) mass is 346 g/mol. The summed E-state index contributed by atoms with van der Waals surface area (Å²) in [6.07, 6.45) is 0.352. The van der Waals surface area contributed by atoms with Gasteiger partial charge in [-0.25, -0.2) is 12.8 Å². The number of carbonyl (C=O) groups excluding carboxylic acids is 2. The second kappa shape index (κ2) is 5.29. The summed E-state index contributed by atoms with van der Waals surface area (Å²) in [4.78, 5) is 24.2. The van der Waals surface area contributed by atoms with Crippen LogP contribution < -0.4 is 0 Å². The van der Waals surface area contributed by atoms with Crippen molar-refractivity contribution in [1.82, 2.24) is 9.21 Å². The van der Waals surface area contributed by atoms with Crippen molar-refractivity contribution in [3.63, 3.8) is 0 Å². The van der Waals surface area contributed by atoms with Gasteiger partial charge in [0, 0.05) is 25.9 Å². The Kier molecular flexibility index (Phi) is 3.70. The molecule has 0 spiro atoms. The third-order valence-corrected chi connectivity index (χ3v) is 5.93. The zero-order chi connectivity index (χ0) is 16.1. The fourth-order valence-electron chi connectivity index (χ4n) is 2.56. The molecule has 0 N–H and O–H groups in total. The fourth-order valence-corrected chi connectivity index (χ4v) is 4.35. The van der Waals surface area contributed by atoms with Gasteiger partial charge in [0.2, 0.25) is 21.8 Å². The lowest BCUT2D eigenvalue weighted by atomic mass is 10.1. The van der Waals surface area contributed by atoms with Gasteiger partial charge in [-0.05, 0) is 18.2 Å². The SMILES string of the molecule is O=C1CCC(=O)N1C1CN(S(=O)(=O)c2ccc(F)c(Cl)c2)C1. The van der Waals surface area contributed by atoms with E-state index in [1.165, 1.54) is 0 Å². The smallest absolute Gasteiger partial charge is 0.243 e. The van der Waals surface area contributed by atoms with E-state index in [1.807, 2.05) is 0 Å². The number of amides is 2. The molecule has 9 heteroatoms. The molecule has 22 heavy (non-hydrogen) atoms. The zero-order valence-electron chi connectivity index (χ0n) is 11.3. The van der Waals surface area contributed by atoms with Gasteiger partial charge in [-0.1, -0.05) is 11.6 Å². The summed E-state index contributed by atoms with van der Waals surface area (Å²) in [5, 5.41) is -0.275. The van der Waals surface area contributed by atoms with Gasteiger partial charge in [0.05, 0.1) is 16.0 Å². The Hall–Kier alpha value is -1.51. The minimum absolute atomic E-state index is 0.0504. The molecule has 2 heterocycles. The van der Waals surface area contributed by atoms with Crippen molar-refractivity contribution in [3.05, 3.63) is 29.0 Å². The molecule has 0 radical (unpaired) electrons. The molecule has 2 fully saturated rings. The van der Waals surface area contributed by atoms with E-state index >= 15 is 0 Å². The van der Waals surface area contributed by atoms with E-state index in [4.69, 9.17) is 11.6 Å². The average molecular weight is 347 g/mol. The van der Waals surface area contributed by atoms with Gasteiger partial charge in [-0.3, -0.25) is 14.5 Å². The maximum absolute atomic E-state index is 13.1. The number of likely N-dealkylation sites (tertiary alicyclic amines) is 1. The predicted molar refractivity (Wildman–Crippen MR) is 75.0 cm³/mol. The summed E-state index contributed by atoms with van der Waals surface area (Å²) in [5.41, 5.74) is 0. The van der Waals surface area contributed by atoms with E-state index in [9.17, 15) is 22.4 Å². The number of halogens is 2. The number of hydrogen-bond donors (Lipinski definition) is 0. The van der Waals surface area contributed by atoms with Crippen molar-refractivity contribution in [3.8, 4) is 0 Å². The van der Waals surface area contributed by atoms with Crippen LogP contribution in [-0.2, 0) is 19.6 Å². The lowest BCUT2D eigenvalue weighted by Crippen LogP contribution is -2.62. The Morgan fingerprint density at radius 2 is 1.73 bits per heavy atom. The lowest BCUT2D eigenvalue weighted by molar-refractivity contribution is -0.143. The molecule has 0 unspecified atom stereocenters. The van der Waals surface area contributed by atoms with Crippen LogP contribution in [0.3, 0.4) is 0 Å². The third kappa shape index (κ3) is 2.41. The van der Waals surface area contributed by atoms with Crippen LogP contribution in [-0.4, -0.2) is 48.6 Å². The molecule has 0 atom stereocenters. The highest BCUT2D eigenvalue weighted by atomic mass is 35.5. The van der Waals surface area contributed by atoms with E-state index in [2.05, 4.69) is 0 Å². The average Bonchev–Trinajstić information content (AvgIpc) is 2.72. The number of nitrogens with zero attached hydrogens (tertiary/aromatic N) is 2. The highest BCUT2D eigenvalue weighted by Gasteiger charge is 2.45. The number of rotatable bonds is 3. The highest BCUT2D eigenvalue weighted by molar-refractivity contribution is 7.89. The first-order valence-corrected chi connectivity index (χ1v) is 8.42. The summed E-state index contributed by atoms with van der Waals surface area (Å²) in [6.45, 7) is 0.101. The van der Waals surface area contributed by atoms with Crippen LogP contribution in [0.1, 0.15) is 12.8 Å². The van der Waals surface area contributed by atoms with Gasteiger partial charge in [0.1, 0.15) is 5.82 Å². The second-order valence-electron chi connectivity index (χ2n) is 5.21. The zero-order valence-corrected chi connectivity index (χ0v) is 12.9. The molecule has 0 saturated carbocycles. The van der Waals surface area contributed by atoms with Crippen molar-refractivity contribution in [2.24, 2.45) is 0 Å². The molecule has 2 amide bonds. The predicted octanol–water partition coefficient (Wildman–Crippen LogP) is 1.00. The summed E-state index contributed by atoms with van der Waals surface area (Å²) < 4.78 is 39.0. The highest BCUT2D eigenvalue weighted by Crippen LogP contribution is 2.29. The Balaban J connectivity index is 1.75. The first-order chi connectivity index (χ1) is 10.3. The fraction of sp³-hybridized carbons (Fsp3) is 0.385. The van der Waals surface area contributed by atoms with Crippen LogP contribution in [0, 0.1) is 5.82 Å². The normalized spacial score (nSPS) is 20.5. The van der Waals surface area contributed by atoms with Crippen molar-refractivity contribution in [2.75, 3.05) is 13.1 Å². The molecule has 6 nitrogen and oxygen atoms in total. The first kappa shape index (κ1) is 15.4. The van der Waals surface area contributed by atoms with Gasteiger partial charge in [-0.15, -0.1) is 0 Å². The Labute approximate surface area is 131 Å². The van der Waals surface area contributed by atoms with Gasteiger partial charge in [-0.2, -0.15) is 4.31 Å². The van der Waals surface area contributed by atoms with E-state index in [1.54, 1.807) is 0 Å². The minimum Gasteiger partial charge on any atom is -0.277 e. The van der Waals surface area contributed by atoms with Gasteiger partial charge in [0.25, 0.3) is 0 Å². The Morgan fingerprint density at radius 1 is 1.14 bits per heavy atom. The van der Waals surface area contributed by atoms with Gasteiger partial charge < -0.3 is 0 Å². The number of benzene rings is 1. The van der Waals surface area contributed by atoms with Gasteiger partial charge >= 0.3 is 0 Å². The molecule has 1 aromatic carbocycles. The molecule has 0 bridgehead atoms. The largest absolute Gasteiger partial charge is 0.277 e. The summed E-state index contributed by atoms with van der Waals surface area (Å²) in [5.74, 6) is -1.23. The van der Waals surface area contributed by atoms with Gasteiger partial charge in [0.15, 0.2) is 0 Å². The van der Waals surface area contributed by atoms with Crippen molar-refractivity contribution >= 4 is 33.4 Å². The summed E-state index contributed by atoms with van der Waals surface area (Å²) in [7, 11) is -3.81. The molecular weight excluding hydrogens is 335 g/mol. The summed E-state index contributed by atoms with van der Waals surface area (Å²) in [6, 6.07) is 2.75. The third-order valence-electron chi connectivity index (χ3n) is 3.81. The van der Waals surface area contributed by atoms with E-state index < -0.39 is 21.9 Å². The number of sulfonamides is 1. The Bertz CT molecular complexity index is 745. The maximum Gasteiger partial charge on any atom is 0.243 e. The van der Waals surface area contributed by atoms with Crippen LogP contribution in [0.15, 0.2) is 23.1 Å². The standard InChI is InChI=1S/C13H12ClFN2O4S/c14-10-5-9(1-2-11(10)15)22(20,21)16-6-8(7-16)17-12(18)3-4-13(17)19/h1-2,5,8H,3-4,6-7H2. The van der Waals surface area contributed by atoms with Crippen molar-refractivity contribution in [2.45, 2.75) is 23.8 Å². The maximum atomic E-state index is 13.1. The molecule has 0 aliphatic carbocycles. The molecule has 118 valence electrons. The quantitative estimate of drug-likeness (QED) is 0.765. The molecule has 2 aliphatic rings. The van der Waals surface area contributed by atoms with Crippen LogP contribution in [0.25, 0.3) is 0 Å². The molecule has 0 aromatic heterocycles. The van der Waals surface area contributed by atoms with Crippen LogP contribution in [0.4, 0.5) is 4.39 Å². The molecule has 2 saturated heterocycles. The van der Waals surface area contributed by atoms with Crippen LogP contribution in [0.2, 0.25) is 5.02 Å². The molecule has 3 rings (SSSR count). The number of carbonyl (C=O) groups is 2. The number of hydrogen-bond acceptors (Lipinski definition) is 4. The number of imide groups is 1. The molecule has 2 aliphatic heterocycles. The second-order valence-corrected chi connectivity index (χ2v) is 7.55. The molecule has 1 aromatic rings. The minimum atomic E-state index is -3.81. The van der Waals surface area contributed by atoms with Crippen molar-refractivity contribution < 1.29 is 22.4 Å². The van der Waals surface area contributed by atoms with E-state index in [-0.39, 0.29) is 47.7 Å². The Morgan fingerprint density at radius 3 is 2.27 bits per heavy atom. The topological polar surface area (TPSA) is 74.8 Å². The first-order valence-electron chi connectivity index (χ1n) is 6.61.